The fourth-order valence-corrected chi connectivity index (χ4v) is 2.02. The highest BCUT2D eigenvalue weighted by atomic mass is 16.5. The van der Waals surface area contributed by atoms with Crippen molar-refractivity contribution in [1.29, 1.82) is 0 Å². The summed E-state index contributed by atoms with van der Waals surface area (Å²) in [6.07, 6.45) is -4.18. The average molecular weight is 253 g/mol. The van der Waals surface area contributed by atoms with E-state index in [1.54, 1.807) is 0 Å². The molecule has 1 radical (unpaired) electrons. The normalized spacial score (nSPS) is 33.6. The van der Waals surface area contributed by atoms with Crippen molar-refractivity contribution in [3.05, 3.63) is 42.0 Å². The van der Waals surface area contributed by atoms with Gasteiger partial charge in [0.2, 0.25) is 0 Å². The van der Waals surface area contributed by atoms with E-state index in [1.807, 2.05) is 30.3 Å². The van der Waals surface area contributed by atoms with Crippen LogP contribution < -0.4 is 0 Å². The van der Waals surface area contributed by atoms with Crippen molar-refractivity contribution in [2.24, 2.45) is 0 Å². The predicted molar refractivity (Wildman–Crippen MR) is 63.4 cm³/mol. The van der Waals surface area contributed by atoms with E-state index in [0.29, 0.717) is 6.42 Å². The van der Waals surface area contributed by atoms with Crippen molar-refractivity contribution in [2.45, 2.75) is 30.8 Å². The molecule has 1 heterocycles. The Morgan fingerprint density at radius 1 is 1.00 bits per heavy atom. The number of ether oxygens (including phenoxy) is 1. The SMILES string of the molecule is OC[C@H]1O[C](Cc2ccccc2)[C@H](O)[C@@H](O)[C@H]1O. The second-order valence-corrected chi connectivity index (χ2v) is 4.39. The molecule has 0 aromatic heterocycles. The predicted octanol–water partition coefficient (Wildman–Crippen LogP) is -0.765. The molecule has 1 fully saturated rings. The van der Waals surface area contributed by atoms with Crippen molar-refractivity contribution in [3.8, 4) is 0 Å². The fourth-order valence-electron chi connectivity index (χ4n) is 2.02. The number of benzene rings is 1. The summed E-state index contributed by atoms with van der Waals surface area (Å²) in [6, 6.07) is 9.34. The van der Waals surface area contributed by atoms with Crippen molar-refractivity contribution < 1.29 is 25.2 Å². The van der Waals surface area contributed by atoms with Crippen molar-refractivity contribution in [2.75, 3.05) is 6.61 Å². The van der Waals surface area contributed by atoms with Gasteiger partial charge in [0.25, 0.3) is 0 Å². The second-order valence-electron chi connectivity index (χ2n) is 4.39. The molecule has 5 nitrogen and oxygen atoms in total. The van der Waals surface area contributed by atoms with Gasteiger partial charge in [0.1, 0.15) is 30.5 Å². The van der Waals surface area contributed by atoms with Crippen LogP contribution in [-0.2, 0) is 11.2 Å². The average Bonchev–Trinajstić information content (AvgIpc) is 2.40. The van der Waals surface area contributed by atoms with Crippen LogP contribution in [-0.4, -0.2) is 51.4 Å². The molecule has 0 spiro atoms. The Morgan fingerprint density at radius 3 is 2.28 bits per heavy atom. The number of aliphatic hydroxyl groups is 4. The topological polar surface area (TPSA) is 90.2 Å². The molecule has 0 saturated carbocycles. The standard InChI is InChI=1S/C13H17O5/c14-7-10-12(16)13(17)11(15)9(18-10)6-8-4-2-1-3-5-8/h1-5,10-17H,6-7H2/t10-,11+,12+,13-/m1/s1. The van der Waals surface area contributed by atoms with E-state index >= 15 is 0 Å². The lowest BCUT2D eigenvalue weighted by atomic mass is 9.92. The highest BCUT2D eigenvalue weighted by molar-refractivity contribution is 5.20. The number of hydrogen-bond donors (Lipinski definition) is 4. The van der Waals surface area contributed by atoms with Crippen molar-refractivity contribution in [1.82, 2.24) is 0 Å². The zero-order valence-electron chi connectivity index (χ0n) is 9.81. The molecule has 4 N–H and O–H groups in total. The molecular formula is C13H17O5. The first-order chi connectivity index (χ1) is 8.63. The van der Waals surface area contributed by atoms with Crippen LogP contribution in [0.2, 0.25) is 0 Å². The first-order valence-electron chi connectivity index (χ1n) is 5.85. The van der Waals surface area contributed by atoms with Gasteiger partial charge in [-0.05, 0) is 5.56 Å². The molecule has 0 bridgehead atoms. The van der Waals surface area contributed by atoms with E-state index in [2.05, 4.69) is 0 Å². The Kier molecular flexibility index (Phi) is 4.31. The summed E-state index contributed by atoms with van der Waals surface area (Å²) >= 11 is 0. The van der Waals surface area contributed by atoms with Gasteiger partial charge in [0.05, 0.1) is 6.61 Å². The molecule has 1 aliphatic rings. The third kappa shape index (κ3) is 2.71. The summed E-state index contributed by atoms with van der Waals surface area (Å²) in [5, 5.41) is 38.2. The quantitative estimate of drug-likeness (QED) is 0.568. The van der Waals surface area contributed by atoms with Gasteiger partial charge in [-0.3, -0.25) is 0 Å². The Labute approximate surface area is 105 Å². The van der Waals surface area contributed by atoms with Crippen LogP contribution in [0.25, 0.3) is 0 Å². The minimum absolute atomic E-state index is 0.262. The number of rotatable bonds is 3. The van der Waals surface area contributed by atoms with E-state index in [-0.39, 0.29) is 6.10 Å². The molecule has 1 aliphatic heterocycles. The maximum Gasteiger partial charge on any atom is 0.133 e. The summed E-state index contributed by atoms with van der Waals surface area (Å²) in [7, 11) is 0. The minimum Gasteiger partial charge on any atom is -0.394 e. The molecule has 2 rings (SSSR count). The van der Waals surface area contributed by atoms with E-state index < -0.39 is 31.0 Å². The molecule has 0 unspecified atom stereocenters. The van der Waals surface area contributed by atoms with Crippen LogP contribution in [0.4, 0.5) is 0 Å². The summed E-state index contributed by atoms with van der Waals surface area (Å²) in [5.74, 6) is 0. The molecular weight excluding hydrogens is 236 g/mol. The molecule has 1 saturated heterocycles. The maximum absolute atomic E-state index is 9.83. The largest absolute Gasteiger partial charge is 0.394 e. The van der Waals surface area contributed by atoms with E-state index in [0.717, 1.165) is 5.56 Å². The molecule has 1 aromatic rings. The van der Waals surface area contributed by atoms with E-state index in [4.69, 9.17) is 9.84 Å². The molecule has 1 aromatic carbocycles. The first kappa shape index (κ1) is 13.5. The van der Waals surface area contributed by atoms with Crippen molar-refractivity contribution in [3.63, 3.8) is 0 Å². The van der Waals surface area contributed by atoms with Crippen LogP contribution in [0.5, 0.6) is 0 Å². The summed E-state index contributed by atoms with van der Waals surface area (Å²) in [6.45, 7) is -0.413. The van der Waals surface area contributed by atoms with Gasteiger partial charge in [-0.2, -0.15) is 0 Å². The van der Waals surface area contributed by atoms with Crippen LogP contribution in [0, 0.1) is 6.10 Å². The lowest BCUT2D eigenvalue weighted by Crippen LogP contribution is -2.55. The minimum atomic E-state index is -1.34. The van der Waals surface area contributed by atoms with Gasteiger partial charge in [0, 0.05) is 6.42 Å². The van der Waals surface area contributed by atoms with Crippen LogP contribution in [0.1, 0.15) is 5.56 Å². The lowest BCUT2D eigenvalue weighted by molar-refractivity contribution is -0.190. The highest BCUT2D eigenvalue weighted by Crippen LogP contribution is 2.28. The Morgan fingerprint density at radius 2 is 1.67 bits per heavy atom. The van der Waals surface area contributed by atoms with Gasteiger partial charge >= 0.3 is 0 Å². The second kappa shape index (κ2) is 5.77. The lowest BCUT2D eigenvalue weighted by Gasteiger charge is -2.39. The van der Waals surface area contributed by atoms with Gasteiger partial charge in [0.15, 0.2) is 0 Å². The van der Waals surface area contributed by atoms with Crippen LogP contribution in [0.15, 0.2) is 30.3 Å². The Bertz CT molecular complexity index is 367. The van der Waals surface area contributed by atoms with Gasteiger partial charge < -0.3 is 25.2 Å². The molecule has 99 valence electrons. The number of hydrogen-bond acceptors (Lipinski definition) is 5. The summed E-state index contributed by atoms with van der Waals surface area (Å²) in [4.78, 5) is 0. The zero-order valence-corrected chi connectivity index (χ0v) is 9.81. The molecule has 0 amide bonds. The maximum atomic E-state index is 9.83. The summed E-state index contributed by atoms with van der Waals surface area (Å²) in [5.41, 5.74) is 0.923. The monoisotopic (exact) mass is 253 g/mol. The highest BCUT2D eigenvalue weighted by Gasteiger charge is 2.43. The Hall–Kier alpha value is -0.980. The van der Waals surface area contributed by atoms with Gasteiger partial charge in [-0.25, -0.2) is 0 Å². The third-order valence-corrected chi connectivity index (χ3v) is 3.09. The molecule has 18 heavy (non-hydrogen) atoms. The van der Waals surface area contributed by atoms with E-state index in [9.17, 15) is 15.3 Å². The van der Waals surface area contributed by atoms with Crippen LogP contribution >= 0.6 is 0 Å². The smallest absolute Gasteiger partial charge is 0.133 e. The molecule has 4 atom stereocenters. The Balaban J connectivity index is 2.08. The molecule has 0 aliphatic carbocycles. The first-order valence-corrected chi connectivity index (χ1v) is 5.85. The summed E-state index contributed by atoms with van der Waals surface area (Å²) < 4.78 is 5.34. The van der Waals surface area contributed by atoms with Crippen molar-refractivity contribution >= 4 is 0 Å². The van der Waals surface area contributed by atoms with E-state index in [1.165, 1.54) is 0 Å². The fraction of sp³-hybridized carbons (Fsp3) is 0.462. The van der Waals surface area contributed by atoms with Crippen LogP contribution in [0.3, 0.4) is 0 Å². The number of aliphatic hydroxyl groups excluding tert-OH is 4. The third-order valence-electron chi connectivity index (χ3n) is 3.09. The zero-order chi connectivity index (χ0) is 13.1. The van der Waals surface area contributed by atoms with Gasteiger partial charge in [-0.15, -0.1) is 0 Å². The van der Waals surface area contributed by atoms with Gasteiger partial charge in [-0.1, -0.05) is 30.3 Å². The molecule has 5 heteroatoms.